The number of nitro groups is 1. The molecule has 0 bridgehead atoms. The average molecular weight is 533 g/mol. The van der Waals surface area contributed by atoms with Crippen molar-refractivity contribution in [3.63, 3.8) is 0 Å². The number of nitrogens with two attached hydrogens (primary N) is 1. The number of benzene rings is 3. The molecule has 1 atom stereocenters. The van der Waals surface area contributed by atoms with Gasteiger partial charge < -0.3 is 16.4 Å². The fourth-order valence-corrected chi connectivity index (χ4v) is 5.56. The minimum absolute atomic E-state index is 0.00829. The molecular weight excluding hydrogens is 512 g/mol. The first-order valence-electron chi connectivity index (χ1n) is 10.3. The van der Waals surface area contributed by atoms with Crippen molar-refractivity contribution in [3.05, 3.63) is 82.4 Å². The second-order valence-corrected chi connectivity index (χ2v) is 11.2. The zero-order valence-electron chi connectivity index (χ0n) is 18.3. The number of nitro benzene ring substituents is 1. The van der Waals surface area contributed by atoms with Crippen molar-refractivity contribution in [3.8, 4) is 0 Å². The molecule has 1 unspecified atom stereocenters. The average Bonchev–Trinajstić information content (AvgIpc) is 2.83. The van der Waals surface area contributed by atoms with E-state index in [1.165, 1.54) is 36.4 Å². The van der Waals surface area contributed by atoms with E-state index >= 15 is 0 Å². The zero-order valence-corrected chi connectivity index (χ0v) is 20.0. The van der Waals surface area contributed by atoms with Crippen LogP contribution in [0, 0.1) is 10.1 Å². The Hall–Kier alpha value is -4.05. The summed E-state index contributed by atoms with van der Waals surface area (Å²) in [7, 11) is -8.13. The number of hydrogen-bond donors (Lipinski definition) is 5. The van der Waals surface area contributed by atoms with Crippen LogP contribution in [0.5, 0.6) is 0 Å². The molecule has 188 valence electrons. The lowest BCUT2D eigenvalue weighted by atomic mass is 10.1. The Kier molecular flexibility index (Phi) is 6.64. The van der Waals surface area contributed by atoms with Crippen LogP contribution in [0.1, 0.15) is 5.56 Å². The number of carbonyl (C=O) groups is 1. The van der Waals surface area contributed by atoms with Gasteiger partial charge in [0.15, 0.2) is 6.17 Å². The fraction of sp³-hybridized carbons (Fsp3) is 0.0952. The third-order valence-electron chi connectivity index (χ3n) is 5.19. The van der Waals surface area contributed by atoms with Crippen LogP contribution in [-0.2, 0) is 31.4 Å². The van der Waals surface area contributed by atoms with E-state index in [-0.39, 0.29) is 33.3 Å². The molecule has 0 radical (unpaired) electrons. The van der Waals surface area contributed by atoms with Crippen molar-refractivity contribution in [1.29, 1.82) is 0 Å². The van der Waals surface area contributed by atoms with Crippen LogP contribution in [-0.4, -0.2) is 33.8 Å². The van der Waals surface area contributed by atoms with Gasteiger partial charge in [-0.3, -0.25) is 14.9 Å². The topological polar surface area (TPSA) is 203 Å². The quantitative estimate of drug-likeness (QED) is 0.161. The van der Waals surface area contributed by atoms with Gasteiger partial charge in [0.2, 0.25) is 20.0 Å². The summed E-state index contributed by atoms with van der Waals surface area (Å²) < 4.78 is 55.4. The predicted molar refractivity (Wildman–Crippen MR) is 131 cm³/mol. The van der Waals surface area contributed by atoms with Crippen molar-refractivity contribution in [1.82, 2.24) is 9.44 Å². The number of nitrogens with one attached hydrogen (secondary N) is 4. The van der Waals surface area contributed by atoms with Crippen LogP contribution in [0.2, 0.25) is 0 Å². The Morgan fingerprint density at radius 3 is 2.22 bits per heavy atom. The Balaban J connectivity index is 1.64. The number of nitrogens with zero attached hydrogens (tertiary/aromatic N) is 1. The van der Waals surface area contributed by atoms with E-state index in [9.17, 15) is 31.7 Å². The molecule has 1 heterocycles. The van der Waals surface area contributed by atoms with Crippen LogP contribution in [0.4, 0.5) is 22.7 Å². The fourth-order valence-electron chi connectivity index (χ4n) is 3.42. The number of carbonyl (C=O) groups excluding carboxylic acids is 1. The molecule has 3 aromatic rings. The maximum atomic E-state index is 12.8. The molecule has 0 saturated carbocycles. The molecule has 1 amide bonds. The summed E-state index contributed by atoms with van der Waals surface area (Å²) in [5.74, 6) is -0.821. The van der Waals surface area contributed by atoms with Crippen LogP contribution in [0.3, 0.4) is 0 Å². The first-order chi connectivity index (χ1) is 17.0. The first-order valence-corrected chi connectivity index (χ1v) is 13.2. The van der Waals surface area contributed by atoms with E-state index in [4.69, 9.17) is 5.73 Å². The highest BCUT2D eigenvalue weighted by molar-refractivity contribution is 7.89. The predicted octanol–water partition coefficient (Wildman–Crippen LogP) is 1.32. The van der Waals surface area contributed by atoms with E-state index in [2.05, 4.69) is 20.1 Å². The van der Waals surface area contributed by atoms with Crippen LogP contribution >= 0.6 is 0 Å². The molecule has 0 aliphatic carbocycles. The maximum absolute atomic E-state index is 12.8. The molecule has 0 saturated heterocycles. The van der Waals surface area contributed by atoms with E-state index in [0.717, 1.165) is 12.1 Å². The second kappa shape index (κ2) is 9.54. The largest absolute Gasteiger partial charge is 0.399 e. The van der Waals surface area contributed by atoms with E-state index < -0.39 is 42.7 Å². The summed E-state index contributed by atoms with van der Waals surface area (Å²) in [5, 5.41) is 16.5. The van der Waals surface area contributed by atoms with Crippen LogP contribution in [0.25, 0.3) is 0 Å². The Labute approximate surface area is 206 Å². The summed E-state index contributed by atoms with van der Waals surface area (Å²) >= 11 is 0. The zero-order chi connectivity index (χ0) is 26.1. The van der Waals surface area contributed by atoms with Crippen molar-refractivity contribution in [2.24, 2.45) is 0 Å². The summed E-state index contributed by atoms with van der Waals surface area (Å²) in [6.07, 6.45) is -1.49. The highest BCUT2D eigenvalue weighted by Gasteiger charge is 2.33. The summed E-state index contributed by atoms with van der Waals surface area (Å²) in [6.45, 7) is -0.387. The standard InChI is InChI=1S/C21H20N6O7S2/c22-14-6-8-17(9-7-14)36(33,34)26-20-21(28)24-18-11-15(27(29)30)10-13(19(18)25-20)12-23-35(31,32)16-4-2-1-3-5-16/h1-11,20,23,25-26H,12,22H2,(H,24,28). The lowest BCUT2D eigenvalue weighted by Crippen LogP contribution is -2.51. The van der Waals surface area contributed by atoms with Gasteiger partial charge in [0.1, 0.15) is 0 Å². The number of amides is 1. The first kappa shape index (κ1) is 25.1. The normalized spacial score (nSPS) is 15.4. The lowest BCUT2D eigenvalue weighted by molar-refractivity contribution is -0.384. The van der Waals surface area contributed by atoms with Gasteiger partial charge in [0, 0.05) is 24.4 Å². The molecular formula is C21H20N6O7S2. The highest BCUT2D eigenvalue weighted by Crippen LogP contribution is 2.35. The minimum atomic E-state index is -4.17. The van der Waals surface area contributed by atoms with Crippen molar-refractivity contribution in [2.75, 3.05) is 16.4 Å². The number of hydrogen-bond acceptors (Lipinski definition) is 9. The third-order valence-corrected chi connectivity index (χ3v) is 8.05. The Bertz CT molecular complexity index is 1540. The Morgan fingerprint density at radius 1 is 0.944 bits per heavy atom. The number of nitrogen functional groups attached to an aromatic ring is 1. The molecule has 15 heteroatoms. The maximum Gasteiger partial charge on any atom is 0.271 e. The third kappa shape index (κ3) is 5.28. The van der Waals surface area contributed by atoms with Crippen molar-refractivity contribution in [2.45, 2.75) is 22.5 Å². The number of anilines is 3. The lowest BCUT2D eigenvalue weighted by Gasteiger charge is -2.29. The van der Waals surface area contributed by atoms with Gasteiger partial charge in [-0.25, -0.2) is 21.6 Å². The summed E-state index contributed by atoms with van der Waals surface area (Å²) in [4.78, 5) is 23.2. The monoisotopic (exact) mass is 532 g/mol. The van der Waals surface area contributed by atoms with Crippen LogP contribution < -0.4 is 25.8 Å². The number of non-ortho nitro benzene ring substituents is 1. The van der Waals surface area contributed by atoms with Gasteiger partial charge in [-0.15, -0.1) is 0 Å². The Morgan fingerprint density at radius 2 is 1.58 bits per heavy atom. The van der Waals surface area contributed by atoms with Crippen molar-refractivity contribution < 1.29 is 26.6 Å². The second-order valence-electron chi connectivity index (χ2n) is 7.68. The van der Waals surface area contributed by atoms with Crippen molar-refractivity contribution >= 4 is 48.7 Å². The minimum Gasteiger partial charge on any atom is -0.399 e. The van der Waals surface area contributed by atoms with Gasteiger partial charge in [0.05, 0.1) is 26.1 Å². The van der Waals surface area contributed by atoms with Gasteiger partial charge in [0.25, 0.3) is 11.6 Å². The van der Waals surface area contributed by atoms with Gasteiger partial charge >= 0.3 is 0 Å². The molecule has 6 N–H and O–H groups in total. The molecule has 3 aromatic carbocycles. The number of rotatable bonds is 8. The summed E-state index contributed by atoms with van der Waals surface area (Å²) in [6, 6.07) is 15.0. The SMILES string of the molecule is Nc1ccc(S(=O)(=O)NC2Nc3c(CNS(=O)(=O)c4ccccc4)cc([N+](=O)[O-])cc3NC2=O)cc1. The van der Waals surface area contributed by atoms with E-state index in [1.54, 1.807) is 18.2 Å². The molecule has 1 aliphatic rings. The molecule has 0 spiro atoms. The molecule has 1 aliphatic heterocycles. The summed E-state index contributed by atoms with van der Waals surface area (Å²) in [5.41, 5.74) is 5.75. The van der Waals surface area contributed by atoms with Gasteiger partial charge in [-0.1, -0.05) is 18.2 Å². The number of sulfonamides is 2. The molecule has 4 rings (SSSR count). The molecule has 0 aromatic heterocycles. The van der Waals surface area contributed by atoms with E-state index in [0.29, 0.717) is 5.69 Å². The van der Waals surface area contributed by atoms with Gasteiger partial charge in [-0.05, 0) is 42.0 Å². The number of fused-ring (bicyclic) bond motifs is 1. The molecule has 13 nitrogen and oxygen atoms in total. The smallest absolute Gasteiger partial charge is 0.271 e. The van der Waals surface area contributed by atoms with Gasteiger partial charge in [-0.2, -0.15) is 4.72 Å². The molecule has 36 heavy (non-hydrogen) atoms. The molecule has 0 fully saturated rings. The van der Waals surface area contributed by atoms with Crippen LogP contribution in [0.15, 0.2) is 76.5 Å². The van der Waals surface area contributed by atoms with E-state index in [1.807, 2.05) is 0 Å². The highest BCUT2D eigenvalue weighted by atomic mass is 32.2.